The SMILES string of the molecule is FC(F)(F)c1cccc(Nc2cc(Br)ccn2)c1. The number of hydrogen-bond acceptors (Lipinski definition) is 2. The molecule has 2 nitrogen and oxygen atoms in total. The Bertz CT molecular complexity index is 555. The van der Waals surface area contributed by atoms with E-state index in [4.69, 9.17) is 0 Å². The van der Waals surface area contributed by atoms with Gasteiger partial charge in [0.1, 0.15) is 5.82 Å². The molecule has 2 rings (SSSR count). The monoisotopic (exact) mass is 316 g/mol. The summed E-state index contributed by atoms with van der Waals surface area (Å²) in [5.74, 6) is 0.476. The zero-order valence-corrected chi connectivity index (χ0v) is 10.6. The lowest BCUT2D eigenvalue weighted by molar-refractivity contribution is -0.137. The van der Waals surface area contributed by atoms with Crippen molar-refractivity contribution >= 4 is 27.4 Å². The molecule has 6 heteroatoms. The molecule has 2 aromatic rings. The average molecular weight is 317 g/mol. The highest BCUT2D eigenvalue weighted by molar-refractivity contribution is 9.10. The minimum absolute atomic E-state index is 0.343. The van der Waals surface area contributed by atoms with Crippen molar-refractivity contribution in [3.8, 4) is 0 Å². The van der Waals surface area contributed by atoms with E-state index in [1.54, 1.807) is 24.4 Å². The third-order valence-electron chi connectivity index (χ3n) is 2.18. The predicted octanol–water partition coefficient (Wildman–Crippen LogP) is 4.61. The van der Waals surface area contributed by atoms with E-state index in [1.807, 2.05) is 0 Å². The summed E-state index contributed by atoms with van der Waals surface area (Å²) in [4.78, 5) is 4.00. The maximum absolute atomic E-state index is 12.5. The Kier molecular flexibility index (Phi) is 3.56. The zero-order chi connectivity index (χ0) is 13.2. The molecule has 0 unspecified atom stereocenters. The van der Waals surface area contributed by atoms with Crippen molar-refractivity contribution in [3.63, 3.8) is 0 Å². The van der Waals surface area contributed by atoms with Crippen LogP contribution in [0, 0.1) is 0 Å². The van der Waals surface area contributed by atoms with Crippen LogP contribution < -0.4 is 5.32 Å². The molecule has 0 amide bonds. The van der Waals surface area contributed by atoms with E-state index in [1.165, 1.54) is 6.07 Å². The Morgan fingerprint density at radius 1 is 1.11 bits per heavy atom. The van der Waals surface area contributed by atoms with Gasteiger partial charge in [0.05, 0.1) is 5.56 Å². The number of benzene rings is 1. The highest BCUT2D eigenvalue weighted by atomic mass is 79.9. The van der Waals surface area contributed by atoms with Gasteiger partial charge < -0.3 is 5.32 Å². The highest BCUT2D eigenvalue weighted by Gasteiger charge is 2.30. The molecule has 0 radical (unpaired) electrons. The van der Waals surface area contributed by atoms with Crippen LogP contribution in [-0.4, -0.2) is 4.98 Å². The molecule has 0 saturated carbocycles. The van der Waals surface area contributed by atoms with E-state index in [-0.39, 0.29) is 0 Å². The topological polar surface area (TPSA) is 24.9 Å². The van der Waals surface area contributed by atoms with E-state index in [2.05, 4.69) is 26.2 Å². The molecule has 0 spiro atoms. The molecule has 0 fully saturated rings. The summed E-state index contributed by atoms with van der Waals surface area (Å²) in [6.45, 7) is 0. The van der Waals surface area contributed by atoms with Crippen molar-refractivity contribution in [3.05, 3.63) is 52.6 Å². The van der Waals surface area contributed by atoms with Gasteiger partial charge in [-0.1, -0.05) is 22.0 Å². The van der Waals surface area contributed by atoms with Gasteiger partial charge in [-0.2, -0.15) is 13.2 Å². The average Bonchev–Trinajstić information content (AvgIpc) is 2.28. The standard InChI is InChI=1S/C12H8BrF3N2/c13-9-4-5-17-11(7-9)18-10-3-1-2-8(6-10)12(14,15)16/h1-7H,(H,17,18). The number of hydrogen-bond donors (Lipinski definition) is 1. The minimum Gasteiger partial charge on any atom is -0.340 e. The van der Waals surface area contributed by atoms with Gasteiger partial charge in [0.2, 0.25) is 0 Å². The molecule has 18 heavy (non-hydrogen) atoms. The molecule has 0 atom stereocenters. The van der Waals surface area contributed by atoms with Crippen LogP contribution in [0.25, 0.3) is 0 Å². The Labute approximate surface area is 110 Å². The van der Waals surface area contributed by atoms with Gasteiger partial charge >= 0.3 is 6.18 Å². The molecule has 1 N–H and O–H groups in total. The molecular formula is C12H8BrF3N2. The fraction of sp³-hybridized carbons (Fsp3) is 0.0833. The van der Waals surface area contributed by atoms with Gasteiger partial charge in [0.25, 0.3) is 0 Å². The molecule has 0 aliphatic carbocycles. The van der Waals surface area contributed by atoms with Gasteiger partial charge in [-0.25, -0.2) is 4.98 Å². The largest absolute Gasteiger partial charge is 0.416 e. The Balaban J connectivity index is 2.25. The van der Waals surface area contributed by atoms with Crippen molar-refractivity contribution in [2.75, 3.05) is 5.32 Å². The third kappa shape index (κ3) is 3.22. The van der Waals surface area contributed by atoms with Gasteiger partial charge in [0.15, 0.2) is 0 Å². The van der Waals surface area contributed by atoms with Crippen LogP contribution in [0.4, 0.5) is 24.7 Å². The number of pyridine rings is 1. The maximum Gasteiger partial charge on any atom is 0.416 e. The number of anilines is 2. The molecule has 1 aromatic heterocycles. The second-order valence-electron chi connectivity index (χ2n) is 3.56. The Morgan fingerprint density at radius 2 is 1.89 bits per heavy atom. The summed E-state index contributed by atoms with van der Waals surface area (Å²) in [6, 6.07) is 8.39. The lowest BCUT2D eigenvalue weighted by Crippen LogP contribution is -2.05. The molecule has 1 heterocycles. The summed E-state index contributed by atoms with van der Waals surface area (Å²) in [5, 5.41) is 2.82. The number of nitrogens with one attached hydrogen (secondary N) is 1. The van der Waals surface area contributed by atoms with E-state index >= 15 is 0 Å². The predicted molar refractivity (Wildman–Crippen MR) is 66.7 cm³/mol. The van der Waals surface area contributed by atoms with Crippen LogP contribution in [0.3, 0.4) is 0 Å². The van der Waals surface area contributed by atoms with Crippen molar-refractivity contribution in [1.29, 1.82) is 0 Å². The number of rotatable bonds is 2. The minimum atomic E-state index is -4.34. The fourth-order valence-electron chi connectivity index (χ4n) is 1.39. The van der Waals surface area contributed by atoms with Gasteiger partial charge in [0, 0.05) is 16.4 Å². The lowest BCUT2D eigenvalue weighted by atomic mass is 10.2. The van der Waals surface area contributed by atoms with Crippen LogP contribution in [0.1, 0.15) is 5.56 Å². The third-order valence-corrected chi connectivity index (χ3v) is 2.68. The molecule has 0 aliphatic rings. The number of nitrogens with zero attached hydrogens (tertiary/aromatic N) is 1. The summed E-state index contributed by atoms with van der Waals surface area (Å²) >= 11 is 3.26. The molecule has 0 aliphatic heterocycles. The number of alkyl halides is 3. The first-order chi connectivity index (χ1) is 8.45. The summed E-state index contributed by atoms with van der Waals surface area (Å²) < 4.78 is 38.4. The quantitative estimate of drug-likeness (QED) is 0.875. The summed E-state index contributed by atoms with van der Waals surface area (Å²) in [5.41, 5.74) is -0.349. The molecule has 0 saturated heterocycles. The van der Waals surface area contributed by atoms with E-state index in [9.17, 15) is 13.2 Å². The normalized spacial score (nSPS) is 11.3. The first kappa shape index (κ1) is 12.9. The second kappa shape index (κ2) is 4.97. The Morgan fingerprint density at radius 3 is 2.56 bits per heavy atom. The van der Waals surface area contributed by atoms with Crippen LogP contribution in [-0.2, 0) is 6.18 Å². The van der Waals surface area contributed by atoms with Gasteiger partial charge in [-0.05, 0) is 30.3 Å². The molecule has 0 bridgehead atoms. The second-order valence-corrected chi connectivity index (χ2v) is 4.48. The smallest absolute Gasteiger partial charge is 0.340 e. The van der Waals surface area contributed by atoms with E-state index < -0.39 is 11.7 Å². The van der Waals surface area contributed by atoms with Crippen molar-refractivity contribution in [1.82, 2.24) is 4.98 Å². The highest BCUT2D eigenvalue weighted by Crippen LogP contribution is 2.31. The summed E-state index contributed by atoms with van der Waals surface area (Å²) in [6.07, 6.45) is -2.79. The number of halogens is 4. The Hall–Kier alpha value is -1.56. The zero-order valence-electron chi connectivity index (χ0n) is 9.00. The van der Waals surface area contributed by atoms with Crippen LogP contribution >= 0.6 is 15.9 Å². The van der Waals surface area contributed by atoms with Gasteiger partial charge in [-0.15, -0.1) is 0 Å². The van der Waals surface area contributed by atoms with Crippen LogP contribution in [0.15, 0.2) is 47.1 Å². The maximum atomic E-state index is 12.5. The first-order valence-electron chi connectivity index (χ1n) is 5.01. The van der Waals surface area contributed by atoms with E-state index in [0.717, 1.165) is 16.6 Å². The fourth-order valence-corrected chi connectivity index (χ4v) is 1.73. The summed E-state index contributed by atoms with van der Waals surface area (Å²) in [7, 11) is 0. The number of aromatic nitrogens is 1. The van der Waals surface area contributed by atoms with Crippen molar-refractivity contribution in [2.45, 2.75) is 6.18 Å². The van der Waals surface area contributed by atoms with E-state index in [0.29, 0.717) is 11.5 Å². The lowest BCUT2D eigenvalue weighted by Gasteiger charge is -2.10. The molecule has 1 aromatic carbocycles. The molecule has 94 valence electrons. The molecular weight excluding hydrogens is 309 g/mol. The van der Waals surface area contributed by atoms with Crippen molar-refractivity contribution in [2.24, 2.45) is 0 Å². The van der Waals surface area contributed by atoms with Crippen LogP contribution in [0.2, 0.25) is 0 Å². The van der Waals surface area contributed by atoms with Gasteiger partial charge in [-0.3, -0.25) is 0 Å². The van der Waals surface area contributed by atoms with Crippen molar-refractivity contribution < 1.29 is 13.2 Å². The van der Waals surface area contributed by atoms with Crippen LogP contribution in [0.5, 0.6) is 0 Å². The first-order valence-corrected chi connectivity index (χ1v) is 5.80.